The van der Waals surface area contributed by atoms with E-state index in [9.17, 15) is 0 Å². The lowest BCUT2D eigenvalue weighted by molar-refractivity contribution is 1.28. The maximum absolute atomic E-state index is 2.34. The molecule has 0 aliphatic carbocycles. The maximum atomic E-state index is 2.34. The van der Waals surface area contributed by atoms with E-state index in [2.05, 4.69) is 241 Å². The van der Waals surface area contributed by atoms with E-state index >= 15 is 0 Å². The lowest BCUT2D eigenvalue weighted by atomic mass is 9.89. The van der Waals surface area contributed by atoms with Crippen LogP contribution in [-0.4, -0.2) is 0 Å². The molecular weight excluding hydrogens is 663 g/mol. The average molecular weight is 702 g/mol. The fraction of sp³-hybridized carbons (Fsp3) is 0. The third kappa shape index (κ3) is 7.25. The molecule has 9 aromatic carbocycles. The van der Waals surface area contributed by atoms with E-state index in [4.69, 9.17) is 0 Å². The molecule has 0 N–H and O–H groups in total. The van der Waals surface area contributed by atoms with Crippen molar-refractivity contribution in [1.29, 1.82) is 0 Å². The minimum absolute atomic E-state index is 1.10. The standard InChI is InChI=1S/C54H39N/c1-5-15-40(16-6-1)44-25-31-50(32-26-44)55(51-33-27-45(28-34-51)41-17-7-2-8-18-41)52-35-29-46(30-36-52)53-23-13-14-24-54(53)49-38-47(42-19-9-3-10-20-42)37-48(39-49)43-21-11-4-12-22-43/h1-39H. The Labute approximate surface area is 324 Å². The zero-order chi connectivity index (χ0) is 36.8. The van der Waals surface area contributed by atoms with Crippen LogP contribution in [-0.2, 0) is 0 Å². The van der Waals surface area contributed by atoms with Crippen LogP contribution in [0.5, 0.6) is 0 Å². The highest BCUT2D eigenvalue weighted by atomic mass is 15.1. The van der Waals surface area contributed by atoms with Crippen molar-refractivity contribution in [3.05, 3.63) is 237 Å². The molecule has 0 amide bonds. The number of hydrogen-bond acceptors (Lipinski definition) is 1. The Hall–Kier alpha value is -7.22. The highest BCUT2D eigenvalue weighted by Crippen LogP contribution is 2.40. The summed E-state index contributed by atoms with van der Waals surface area (Å²) < 4.78 is 0. The van der Waals surface area contributed by atoms with Gasteiger partial charge in [-0.3, -0.25) is 0 Å². The largest absolute Gasteiger partial charge is 0.311 e. The Morgan fingerprint density at radius 2 is 0.436 bits per heavy atom. The minimum Gasteiger partial charge on any atom is -0.311 e. The summed E-state index contributed by atoms with van der Waals surface area (Å²) in [4.78, 5) is 2.34. The fourth-order valence-corrected chi connectivity index (χ4v) is 7.47. The molecule has 0 unspecified atom stereocenters. The molecule has 260 valence electrons. The molecular formula is C54H39N. The number of hydrogen-bond donors (Lipinski definition) is 0. The van der Waals surface area contributed by atoms with Crippen LogP contribution in [0, 0.1) is 0 Å². The SMILES string of the molecule is c1ccc(-c2ccc(N(c3ccc(-c4ccccc4)cc3)c3ccc(-c4ccccc4-c4cc(-c5ccccc5)cc(-c5ccccc5)c4)cc3)cc2)cc1. The topological polar surface area (TPSA) is 3.24 Å². The van der Waals surface area contributed by atoms with Gasteiger partial charge < -0.3 is 4.90 Å². The van der Waals surface area contributed by atoms with E-state index in [0.29, 0.717) is 0 Å². The van der Waals surface area contributed by atoms with Gasteiger partial charge in [0.15, 0.2) is 0 Å². The summed E-state index contributed by atoms with van der Waals surface area (Å²) in [6, 6.07) is 85.0. The molecule has 55 heavy (non-hydrogen) atoms. The van der Waals surface area contributed by atoms with Gasteiger partial charge in [-0.05, 0) is 121 Å². The summed E-state index contributed by atoms with van der Waals surface area (Å²) in [5.41, 5.74) is 17.7. The van der Waals surface area contributed by atoms with Gasteiger partial charge in [-0.2, -0.15) is 0 Å². The third-order valence-electron chi connectivity index (χ3n) is 10.3. The Morgan fingerprint density at radius 3 is 0.800 bits per heavy atom. The van der Waals surface area contributed by atoms with Crippen molar-refractivity contribution in [2.24, 2.45) is 0 Å². The minimum atomic E-state index is 1.10. The molecule has 0 heterocycles. The van der Waals surface area contributed by atoms with Crippen molar-refractivity contribution in [2.75, 3.05) is 4.90 Å². The number of rotatable bonds is 9. The molecule has 0 saturated heterocycles. The van der Waals surface area contributed by atoms with Crippen molar-refractivity contribution in [3.63, 3.8) is 0 Å². The lowest BCUT2D eigenvalue weighted by Gasteiger charge is -2.26. The molecule has 0 aliphatic heterocycles. The van der Waals surface area contributed by atoms with E-state index in [1.54, 1.807) is 0 Å². The van der Waals surface area contributed by atoms with Gasteiger partial charge in [0.05, 0.1) is 0 Å². The molecule has 0 atom stereocenters. The van der Waals surface area contributed by atoms with Gasteiger partial charge in [0, 0.05) is 17.1 Å². The lowest BCUT2D eigenvalue weighted by Crippen LogP contribution is -2.09. The second-order valence-electron chi connectivity index (χ2n) is 13.8. The van der Waals surface area contributed by atoms with Gasteiger partial charge in [0.2, 0.25) is 0 Å². The Bertz CT molecular complexity index is 2490. The first-order valence-electron chi connectivity index (χ1n) is 18.8. The van der Waals surface area contributed by atoms with Crippen molar-refractivity contribution in [2.45, 2.75) is 0 Å². The van der Waals surface area contributed by atoms with Crippen LogP contribution in [0.25, 0.3) is 66.8 Å². The van der Waals surface area contributed by atoms with E-state index < -0.39 is 0 Å². The first-order chi connectivity index (χ1) is 27.3. The molecule has 0 spiro atoms. The molecule has 1 nitrogen and oxygen atoms in total. The van der Waals surface area contributed by atoms with Gasteiger partial charge in [-0.25, -0.2) is 0 Å². The Kier molecular flexibility index (Phi) is 9.41. The van der Waals surface area contributed by atoms with Crippen LogP contribution >= 0.6 is 0 Å². The highest BCUT2D eigenvalue weighted by Gasteiger charge is 2.16. The smallest absolute Gasteiger partial charge is 0.0462 e. The van der Waals surface area contributed by atoms with Crippen LogP contribution in [0.15, 0.2) is 237 Å². The number of anilines is 3. The van der Waals surface area contributed by atoms with Crippen molar-refractivity contribution in [1.82, 2.24) is 0 Å². The summed E-state index contributed by atoms with van der Waals surface area (Å²) in [5.74, 6) is 0. The fourth-order valence-electron chi connectivity index (χ4n) is 7.47. The average Bonchev–Trinajstić information content (AvgIpc) is 3.28. The van der Waals surface area contributed by atoms with Crippen molar-refractivity contribution in [3.8, 4) is 66.8 Å². The van der Waals surface area contributed by atoms with Crippen LogP contribution in [0.3, 0.4) is 0 Å². The predicted molar refractivity (Wildman–Crippen MR) is 234 cm³/mol. The summed E-state index contributed by atoms with van der Waals surface area (Å²) in [6.45, 7) is 0. The quantitative estimate of drug-likeness (QED) is 0.145. The molecule has 0 fully saturated rings. The summed E-state index contributed by atoms with van der Waals surface area (Å²) in [5, 5.41) is 0. The van der Waals surface area contributed by atoms with Gasteiger partial charge in [0.1, 0.15) is 0 Å². The van der Waals surface area contributed by atoms with E-state index in [1.165, 1.54) is 66.8 Å². The third-order valence-corrected chi connectivity index (χ3v) is 10.3. The van der Waals surface area contributed by atoms with E-state index in [-0.39, 0.29) is 0 Å². The molecule has 0 aliphatic rings. The van der Waals surface area contributed by atoms with Crippen LogP contribution in [0.1, 0.15) is 0 Å². The normalized spacial score (nSPS) is 10.9. The van der Waals surface area contributed by atoms with Crippen molar-refractivity contribution >= 4 is 17.1 Å². The van der Waals surface area contributed by atoms with Crippen LogP contribution in [0.4, 0.5) is 17.1 Å². The number of benzene rings is 9. The van der Waals surface area contributed by atoms with Gasteiger partial charge in [0.25, 0.3) is 0 Å². The first-order valence-corrected chi connectivity index (χ1v) is 18.8. The molecule has 0 bridgehead atoms. The predicted octanol–water partition coefficient (Wildman–Crippen LogP) is 15.2. The molecule has 0 radical (unpaired) electrons. The Balaban J connectivity index is 1.11. The molecule has 9 aromatic rings. The molecule has 0 saturated carbocycles. The van der Waals surface area contributed by atoms with E-state index in [0.717, 1.165) is 17.1 Å². The van der Waals surface area contributed by atoms with Crippen LogP contribution in [0.2, 0.25) is 0 Å². The highest BCUT2D eigenvalue weighted by molar-refractivity contribution is 5.89. The molecule has 9 rings (SSSR count). The summed E-state index contributed by atoms with van der Waals surface area (Å²) in [7, 11) is 0. The summed E-state index contributed by atoms with van der Waals surface area (Å²) >= 11 is 0. The van der Waals surface area contributed by atoms with Crippen molar-refractivity contribution < 1.29 is 0 Å². The van der Waals surface area contributed by atoms with Crippen LogP contribution < -0.4 is 4.90 Å². The monoisotopic (exact) mass is 701 g/mol. The number of nitrogens with zero attached hydrogens (tertiary/aromatic N) is 1. The van der Waals surface area contributed by atoms with Gasteiger partial charge in [-0.1, -0.05) is 182 Å². The van der Waals surface area contributed by atoms with E-state index in [1.807, 2.05) is 0 Å². The van der Waals surface area contributed by atoms with Gasteiger partial charge in [-0.15, -0.1) is 0 Å². The van der Waals surface area contributed by atoms with Gasteiger partial charge >= 0.3 is 0 Å². The first kappa shape index (κ1) is 33.6. The second kappa shape index (κ2) is 15.4. The maximum Gasteiger partial charge on any atom is 0.0462 e. The second-order valence-corrected chi connectivity index (χ2v) is 13.8. The zero-order valence-corrected chi connectivity index (χ0v) is 30.5. The molecule has 0 aromatic heterocycles. The zero-order valence-electron chi connectivity index (χ0n) is 30.5. The summed E-state index contributed by atoms with van der Waals surface area (Å²) in [6.07, 6.45) is 0. The Morgan fingerprint density at radius 1 is 0.182 bits per heavy atom. The molecule has 1 heteroatoms.